The van der Waals surface area contributed by atoms with E-state index in [-0.39, 0.29) is 16.6 Å². The summed E-state index contributed by atoms with van der Waals surface area (Å²) in [5.41, 5.74) is 0.383. The number of ether oxygens (including phenoxy) is 1. The van der Waals surface area contributed by atoms with E-state index in [0.717, 1.165) is 0 Å². The number of hydrogen-bond acceptors (Lipinski definition) is 6. The van der Waals surface area contributed by atoms with E-state index >= 15 is 0 Å². The maximum absolute atomic E-state index is 12.0. The lowest BCUT2D eigenvalue weighted by atomic mass is 10.1. The van der Waals surface area contributed by atoms with Crippen LogP contribution in [0.5, 0.6) is 0 Å². The van der Waals surface area contributed by atoms with E-state index in [1.54, 1.807) is 13.1 Å². The molecule has 0 radical (unpaired) electrons. The molecule has 3 rings (SSSR count). The van der Waals surface area contributed by atoms with Crippen LogP contribution in [-0.4, -0.2) is 54.8 Å². The van der Waals surface area contributed by atoms with Crippen LogP contribution >= 0.6 is 0 Å². The minimum Gasteiger partial charge on any atom is -0.394 e. The van der Waals surface area contributed by atoms with Gasteiger partial charge >= 0.3 is 0 Å². The highest BCUT2D eigenvalue weighted by Gasteiger charge is 2.44. The Labute approximate surface area is 125 Å². The zero-order chi connectivity index (χ0) is 15.9. The lowest BCUT2D eigenvalue weighted by molar-refractivity contribution is -0.0508. The number of nitrogens with zero attached hydrogens (tertiary/aromatic N) is 2. The Morgan fingerprint density at radius 2 is 2.23 bits per heavy atom. The first-order chi connectivity index (χ1) is 10.6. The smallest absolute Gasteiger partial charge is 0.261 e. The molecule has 2 aromatic rings. The van der Waals surface area contributed by atoms with Gasteiger partial charge in [0.1, 0.15) is 18.3 Å². The van der Waals surface area contributed by atoms with Crippen molar-refractivity contribution in [3.63, 3.8) is 0 Å². The van der Waals surface area contributed by atoms with Crippen molar-refractivity contribution in [1.29, 1.82) is 0 Å². The van der Waals surface area contributed by atoms with Gasteiger partial charge in [-0.1, -0.05) is 5.92 Å². The molecule has 0 unspecified atom stereocenters. The lowest BCUT2D eigenvalue weighted by Gasteiger charge is -2.17. The van der Waals surface area contributed by atoms with E-state index in [2.05, 4.69) is 21.8 Å². The summed E-state index contributed by atoms with van der Waals surface area (Å²) in [5, 5.41) is 29.4. The molecule has 3 heterocycles. The second kappa shape index (κ2) is 5.55. The summed E-state index contributed by atoms with van der Waals surface area (Å²) in [4.78, 5) is 18.6. The molecule has 0 bridgehead atoms. The third kappa shape index (κ3) is 2.12. The first-order valence-corrected chi connectivity index (χ1v) is 6.72. The Bertz CT molecular complexity index is 815. The molecular weight excluding hydrogens is 290 g/mol. The van der Waals surface area contributed by atoms with Crippen LogP contribution in [0.15, 0.2) is 17.3 Å². The predicted octanol–water partition coefficient (Wildman–Crippen LogP) is -1.29. The number of fused-ring (bicyclic) bond motifs is 1. The Morgan fingerprint density at radius 3 is 2.86 bits per heavy atom. The van der Waals surface area contributed by atoms with Gasteiger partial charge in [-0.05, 0) is 6.92 Å². The highest BCUT2D eigenvalue weighted by atomic mass is 16.6. The zero-order valence-corrected chi connectivity index (χ0v) is 11.7. The molecule has 1 aliphatic heterocycles. The molecule has 0 amide bonds. The second-order valence-corrected chi connectivity index (χ2v) is 4.98. The van der Waals surface area contributed by atoms with Crippen LogP contribution in [0.1, 0.15) is 18.7 Å². The van der Waals surface area contributed by atoms with Crippen molar-refractivity contribution in [2.45, 2.75) is 31.5 Å². The Hall–Kier alpha value is -2.18. The summed E-state index contributed by atoms with van der Waals surface area (Å²) in [6.45, 7) is 1.21. The SMILES string of the molecule is CC#Cc1cn([C@@H]2O[C@H](CO)[C@@H](O)[C@H]2O)c2nc[nH]c(=O)c12. The molecular formula is C14H15N3O5. The molecule has 1 aliphatic rings. The molecule has 22 heavy (non-hydrogen) atoms. The van der Waals surface area contributed by atoms with Gasteiger partial charge in [-0.2, -0.15) is 0 Å². The van der Waals surface area contributed by atoms with Crippen LogP contribution in [-0.2, 0) is 4.74 Å². The highest BCUT2D eigenvalue weighted by Crippen LogP contribution is 2.32. The maximum atomic E-state index is 12.0. The number of rotatable bonds is 2. The summed E-state index contributed by atoms with van der Waals surface area (Å²) >= 11 is 0. The molecule has 0 spiro atoms. The molecule has 2 aromatic heterocycles. The van der Waals surface area contributed by atoms with Gasteiger partial charge in [0.25, 0.3) is 5.56 Å². The van der Waals surface area contributed by atoms with E-state index in [4.69, 9.17) is 9.84 Å². The first kappa shape index (κ1) is 14.7. The monoisotopic (exact) mass is 305 g/mol. The highest BCUT2D eigenvalue weighted by molar-refractivity contribution is 5.82. The van der Waals surface area contributed by atoms with Crippen LogP contribution in [0.4, 0.5) is 0 Å². The van der Waals surface area contributed by atoms with Gasteiger partial charge in [-0.25, -0.2) is 4.98 Å². The van der Waals surface area contributed by atoms with Gasteiger partial charge in [-0.3, -0.25) is 4.79 Å². The van der Waals surface area contributed by atoms with Crippen molar-refractivity contribution in [3.8, 4) is 11.8 Å². The topological polar surface area (TPSA) is 121 Å². The standard InChI is InChI=1S/C14H15N3O5/c1-2-3-7-4-17(12-9(7)13(21)16-6-15-12)14-11(20)10(19)8(5-18)22-14/h4,6,8,10-11,14,18-20H,5H2,1H3,(H,15,16,21)/t8-,10-,11-,14-/m1/s1. The van der Waals surface area contributed by atoms with Crippen LogP contribution in [0.25, 0.3) is 11.0 Å². The Balaban J connectivity index is 2.18. The summed E-state index contributed by atoms with van der Waals surface area (Å²) in [7, 11) is 0. The third-order valence-electron chi connectivity index (χ3n) is 3.67. The molecule has 0 aliphatic carbocycles. The van der Waals surface area contributed by atoms with Gasteiger partial charge in [0.2, 0.25) is 0 Å². The van der Waals surface area contributed by atoms with Crippen molar-refractivity contribution < 1.29 is 20.1 Å². The summed E-state index contributed by atoms with van der Waals surface area (Å²) in [6.07, 6.45) is -1.56. The number of hydrogen-bond donors (Lipinski definition) is 4. The number of aromatic nitrogens is 3. The molecule has 8 heteroatoms. The maximum Gasteiger partial charge on any atom is 0.261 e. The molecule has 0 saturated carbocycles. The number of aromatic amines is 1. The van der Waals surface area contributed by atoms with Crippen molar-refractivity contribution >= 4 is 11.0 Å². The predicted molar refractivity (Wildman–Crippen MR) is 75.9 cm³/mol. The molecule has 4 atom stereocenters. The Kier molecular flexibility index (Phi) is 3.72. The van der Waals surface area contributed by atoms with Crippen molar-refractivity contribution in [2.24, 2.45) is 0 Å². The number of nitrogens with one attached hydrogen (secondary N) is 1. The summed E-state index contributed by atoms with van der Waals surface area (Å²) in [6, 6.07) is 0. The fourth-order valence-electron chi connectivity index (χ4n) is 2.63. The molecule has 1 fully saturated rings. The lowest BCUT2D eigenvalue weighted by Crippen LogP contribution is -2.33. The van der Waals surface area contributed by atoms with Crippen molar-refractivity contribution in [1.82, 2.24) is 14.5 Å². The second-order valence-electron chi connectivity index (χ2n) is 4.98. The number of aliphatic hydroxyl groups excluding tert-OH is 3. The number of H-pyrrole nitrogens is 1. The average Bonchev–Trinajstić information content (AvgIpc) is 3.00. The van der Waals surface area contributed by atoms with Gasteiger partial charge in [0.15, 0.2) is 11.9 Å². The summed E-state index contributed by atoms with van der Waals surface area (Å²) < 4.78 is 6.93. The van der Waals surface area contributed by atoms with Crippen LogP contribution in [0.3, 0.4) is 0 Å². The van der Waals surface area contributed by atoms with Crippen LogP contribution in [0.2, 0.25) is 0 Å². The number of aliphatic hydroxyl groups is 3. The van der Waals surface area contributed by atoms with Crippen molar-refractivity contribution in [2.75, 3.05) is 6.61 Å². The molecule has 4 N–H and O–H groups in total. The van der Waals surface area contributed by atoms with E-state index in [0.29, 0.717) is 5.56 Å². The average molecular weight is 305 g/mol. The summed E-state index contributed by atoms with van der Waals surface area (Å²) in [5.74, 6) is 5.52. The zero-order valence-electron chi connectivity index (χ0n) is 11.7. The fraction of sp³-hybridized carbons (Fsp3) is 0.429. The van der Waals surface area contributed by atoms with E-state index in [1.807, 2.05) is 0 Å². The normalized spacial score (nSPS) is 27.8. The van der Waals surface area contributed by atoms with Gasteiger partial charge in [0, 0.05) is 6.20 Å². The molecule has 116 valence electrons. The van der Waals surface area contributed by atoms with E-state index in [1.165, 1.54) is 10.9 Å². The van der Waals surface area contributed by atoms with Crippen molar-refractivity contribution in [3.05, 3.63) is 28.4 Å². The fourth-order valence-corrected chi connectivity index (χ4v) is 2.63. The molecule has 0 aromatic carbocycles. The van der Waals surface area contributed by atoms with Gasteiger partial charge in [-0.15, -0.1) is 5.92 Å². The van der Waals surface area contributed by atoms with Crippen LogP contribution in [0, 0.1) is 11.8 Å². The third-order valence-corrected chi connectivity index (χ3v) is 3.67. The minimum absolute atomic E-state index is 0.287. The van der Waals surface area contributed by atoms with Crippen LogP contribution < -0.4 is 5.56 Å². The first-order valence-electron chi connectivity index (χ1n) is 6.72. The minimum atomic E-state index is -1.25. The van der Waals surface area contributed by atoms with Gasteiger partial charge < -0.3 is 29.6 Å². The Morgan fingerprint density at radius 1 is 1.45 bits per heavy atom. The molecule has 8 nitrogen and oxygen atoms in total. The quantitative estimate of drug-likeness (QED) is 0.512. The largest absolute Gasteiger partial charge is 0.394 e. The van der Waals surface area contributed by atoms with E-state index in [9.17, 15) is 15.0 Å². The van der Waals surface area contributed by atoms with E-state index < -0.39 is 31.1 Å². The molecule has 1 saturated heterocycles. The van der Waals surface area contributed by atoms with Gasteiger partial charge in [0.05, 0.1) is 23.9 Å².